The first-order valence-corrected chi connectivity index (χ1v) is 8.14. The van der Waals surface area contributed by atoms with Gasteiger partial charge in [0.15, 0.2) is 0 Å². The molecule has 5 nitrogen and oxygen atoms in total. The third-order valence-electron chi connectivity index (χ3n) is 3.10. The van der Waals surface area contributed by atoms with Gasteiger partial charge in [0.25, 0.3) is 0 Å². The van der Waals surface area contributed by atoms with Gasteiger partial charge in [-0.2, -0.15) is 0 Å². The smallest absolute Gasteiger partial charge is 0.212 e. The van der Waals surface area contributed by atoms with Gasteiger partial charge in [-0.3, -0.25) is 0 Å². The van der Waals surface area contributed by atoms with E-state index in [-0.39, 0.29) is 11.8 Å². The van der Waals surface area contributed by atoms with Crippen LogP contribution in [0.1, 0.15) is 24.1 Å². The van der Waals surface area contributed by atoms with Gasteiger partial charge in [-0.15, -0.1) is 0 Å². The van der Waals surface area contributed by atoms with Crippen LogP contribution in [-0.2, 0) is 21.4 Å². The first kappa shape index (κ1) is 14.5. The molecule has 0 aliphatic carbocycles. The lowest BCUT2D eigenvalue weighted by Gasteiger charge is -2.26. The van der Waals surface area contributed by atoms with Gasteiger partial charge < -0.3 is 10.1 Å². The molecule has 1 aromatic rings. The van der Waals surface area contributed by atoms with Gasteiger partial charge in [-0.05, 0) is 11.1 Å². The number of hydrogen-bond acceptors (Lipinski definition) is 4. The highest BCUT2D eigenvalue weighted by Crippen LogP contribution is 2.23. The molecule has 0 saturated heterocycles. The molecule has 1 atom stereocenters. The maximum atomic E-state index is 11.5. The van der Waals surface area contributed by atoms with E-state index in [2.05, 4.69) is 16.1 Å². The lowest BCUT2D eigenvalue weighted by Crippen LogP contribution is -2.36. The zero-order chi connectivity index (χ0) is 13.7. The van der Waals surface area contributed by atoms with E-state index < -0.39 is 10.0 Å². The summed E-state index contributed by atoms with van der Waals surface area (Å²) >= 11 is 0. The van der Waals surface area contributed by atoms with Gasteiger partial charge >= 0.3 is 0 Å². The van der Waals surface area contributed by atoms with Crippen molar-refractivity contribution in [1.82, 2.24) is 10.0 Å². The fraction of sp³-hybridized carbons (Fsp3) is 0.538. The van der Waals surface area contributed by atoms with E-state index in [1.807, 2.05) is 18.2 Å². The molecule has 0 aromatic heterocycles. The third-order valence-corrected chi connectivity index (χ3v) is 4.57. The Morgan fingerprint density at radius 1 is 1.37 bits per heavy atom. The summed E-state index contributed by atoms with van der Waals surface area (Å²) in [5.41, 5.74) is 2.37. The van der Waals surface area contributed by atoms with Gasteiger partial charge in [0.1, 0.15) is 0 Å². The van der Waals surface area contributed by atoms with Crippen molar-refractivity contribution in [3.8, 4) is 0 Å². The largest absolute Gasteiger partial charge is 0.375 e. The van der Waals surface area contributed by atoms with Crippen molar-refractivity contribution in [3.05, 3.63) is 35.4 Å². The molecule has 0 bridgehead atoms. The number of nitrogens with one attached hydrogen (secondary N) is 2. The zero-order valence-electron chi connectivity index (χ0n) is 11.1. The summed E-state index contributed by atoms with van der Waals surface area (Å²) in [5, 5.41) is 3.25. The van der Waals surface area contributed by atoms with Crippen molar-refractivity contribution < 1.29 is 13.2 Å². The molecule has 1 heterocycles. The molecule has 2 rings (SSSR count). The second-order valence-electron chi connectivity index (χ2n) is 4.54. The first-order chi connectivity index (χ1) is 9.12. The predicted octanol–water partition coefficient (Wildman–Crippen LogP) is 0.787. The Hall–Kier alpha value is -0.950. The summed E-state index contributed by atoms with van der Waals surface area (Å²) in [6.45, 7) is 3.83. The van der Waals surface area contributed by atoms with E-state index in [0.717, 1.165) is 0 Å². The van der Waals surface area contributed by atoms with E-state index in [1.165, 1.54) is 11.1 Å². The summed E-state index contributed by atoms with van der Waals surface area (Å²) in [4.78, 5) is 0. The van der Waals surface area contributed by atoms with Crippen LogP contribution in [-0.4, -0.2) is 33.9 Å². The summed E-state index contributed by atoms with van der Waals surface area (Å²) in [5.74, 6) is 0.0828. The minimum Gasteiger partial charge on any atom is -0.375 e. The minimum absolute atomic E-state index is 0.0711. The van der Waals surface area contributed by atoms with Crippen LogP contribution in [0.2, 0.25) is 0 Å². The van der Waals surface area contributed by atoms with Crippen LogP contribution in [0.3, 0.4) is 0 Å². The molecule has 0 spiro atoms. The van der Waals surface area contributed by atoms with E-state index in [9.17, 15) is 8.42 Å². The molecular formula is C13H20N2O3S. The van der Waals surface area contributed by atoms with Gasteiger partial charge in [0.2, 0.25) is 10.0 Å². The minimum atomic E-state index is -3.16. The Balaban J connectivity index is 1.91. The fourth-order valence-electron chi connectivity index (χ4n) is 2.21. The van der Waals surface area contributed by atoms with Crippen LogP contribution in [0.25, 0.3) is 0 Å². The fourth-order valence-corrected chi connectivity index (χ4v) is 3.18. The molecular weight excluding hydrogens is 264 g/mol. The average molecular weight is 284 g/mol. The summed E-state index contributed by atoms with van der Waals surface area (Å²) in [6, 6.07) is 8.16. The Kier molecular flexibility index (Phi) is 4.93. The number of fused-ring (bicyclic) bond motifs is 1. The van der Waals surface area contributed by atoms with Gasteiger partial charge in [0, 0.05) is 13.1 Å². The highest BCUT2D eigenvalue weighted by molar-refractivity contribution is 7.89. The molecule has 0 radical (unpaired) electrons. The maximum absolute atomic E-state index is 11.5. The molecule has 0 amide bonds. The second kappa shape index (κ2) is 6.47. The van der Waals surface area contributed by atoms with Gasteiger partial charge in [-0.25, -0.2) is 13.1 Å². The van der Waals surface area contributed by atoms with Gasteiger partial charge in [0.05, 0.1) is 25.0 Å². The van der Waals surface area contributed by atoms with Crippen molar-refractivity contribution in [1.29, 1.82) is 0 Å². The lowest BCUT2D eigenvalue weighted by molar-refractivity contribution is 0.0828. The Bertz CT molecular complexity index is 516. The van der Waals surface area contributed by atoms with Crippen molar-refractivity contribution in [3.63, 3.8) is 0 Å². The monoisotopic (exact) mass is 284 g/mol. The van der Waals surface area contributed by atoms with Crippen LogP contribution < -0.4 is 10.0 Å². The average Bonchev–Trinajstić information content (AvgIpc) is 2.39. The standard InChI is InChI=1S/C13H20N2O3S/c1-2-15-19(16,17)8-7-14-13-10-18-9-11-5-3-4-6-12(11)13/h3-6,13-15H,2,7-10H2,1H3. The van der Waals surface area contributed by atoms with Gasteiger partial charge in [-0.1, -0.05) is 31.2 Å². The Morgan fingerprint density at radius 2 is 2.16 bits per heavy atom. The van der Waals surface area contributed by atoms with E-state index in [4.69, 9.17) is 4.74 Å². The van der Waals surface area contributed by atoms with Crippen LogP contribution in [0.4, 0.5) is 0 Å². The maximum Gasteiger partial charge on any atom is 0.212 e. The van der Waals surface area contributed by atoms with Crippen LogP contribution in [0, 0.1) is 0 Å². The number of benzene rings is 1. The summed E-state index contributed by atoms with van der Waals surface area (Å²) in [6.07, 6.45) is 0. The molecule has 1 aliphatic heterocycles. The second-order valence-corrected chi connectivity index (χ2v) is 6.46. The molecule has 6 heteroatoms. The molecule has 1 aromatic carbocycles. The Morgan fingerprint density at radius 3 is 2.95 bits per heavy atom. The highest BCUT2D eigenvalue weighted by atomic mass is 32.2. The third kappa shape index (κ3) is 4.01. The molecule has 1 aliphatic rings. The van der Waals surface area contributed by atoms with E-state index in [0.29, 0.717) is 26.3 Å². The lowest BCUT2D eigenvalue weighted by atomic mass is 9.99. The number of hydrogen-bond donors (Lipinski definition) is 2. The molecule has 19 heavy (non-hydrogen) atoms. The van der Waals surface area contributed by atoms with E-state index >= 15 is 0 Å². The summed E-state index contributed by atoms with van der Waals surface area (Å²) in [7, 11) is -3.16. The number of rotatable bonds is 6. The highest BCUT2D eigenvalue weighted by Gasteiger charge is 2.20. The normalized spacial score (nSPS) is 19.1. The topological polar surface area (TPSA) is 67.4 Å². The van der Waals surface area contributed by atoms with Crippen molar-refractivity contribution in [2.24, 2.45) is 0 Å². The first-order valence-electron chi connectivity index (χ1n) is 6.48. The zero-order valence-corrected chi connectivity index (χ0v) is 11.9. The van der Waals surface area contributed by atoms with Crippen molar-refractivity contribution in [2.75, 3.05) is 25.4 Å². The van der Waals surface area contributed by atoms with E-state index in [1.54, 1.807) is 6.92 Å². The van der Waals surface area contributed by atoms with Crippen molar-refractivity contribution >= 4 is 10.0 Å². The van der Waals surface area contributed by atoms with Crippen LogP contribution in [0.5, 0.6) is 0 Å². The summed E-state index contributed by atoms with van der Waals surface area (Å²) < 4.78 is 31.1. The van der Waals surface area contributed by atoms with Crippen molar-refractivity contribution in [2.45, 2.75) is 19.6 Å². The van der Waals surface area contributed by atoms with Crippen LogP contribution in [0.15, 0.2) is 24.3 Å². The van der Waals surface area contributed by atoms with Crippen LogP contribution >= 0.6 is 0 Å². The molecule has 1 unspecified atom stereocenters. The molecule has 2 N–H and O–H groups in total. The quantitative estimate of drug-likeness (QED) is 0.810. The molecule has 0 fully saturated rings. The number of ether oxygens (including phenoxy) is 1. The Labute approximate surface area is 114 Å². The predicted molar refractivity (Wildman–Crippen MR) is 74.3 cm³/mol. The molecule has 0 saturated carbocycles. The SMILES string of the molecule is CCNS(=O)(=O)CCNC1COCc2ccccc21. The number of sulfonamides is 1. The molecule has 106 valence electrons.